The zero-order chi connectivity index (χ0) is 14.5. The number of hydrogen-bond donors (Lipinski definition) is 1. The Morgan fingerprint density at radius 2 is 1.90 bits per heavy atom. The van der Waals surface area contributed by atoms with Crippen LogP contribution in [0, 0.1) is 5.82 Å². The van der Waals surface area contributed by atoms with E-state index in [9.17, 15) is 4.39 Å². The van der Waals surface area contributed by atoms with Crippen molar-refractivity contribution in [2.45, 2.75) is 19.8 Å². The van der Waals surface area contributed by atoms with Crippen molar-refractivity contribution < 1.29 is 4.39 Å². The van der Waals surface area contributed by atoms with E-state index in [1.807, 2.05) is 30.3 Å². The molecule has 0 atom stereocenters. The second kappa shape index (κ2) is 6.75. The fourth-order valence-corrected chi connectivity index (χ4v) is 2.43. The number of nitrogens with two attached hydrogens (primary N) is 1. The number of halogens is 2. The van der Waals surface area contributed by atoms with Gasteiger partial charge in [0, 0.05) is 18.3 Å². The van der Waals surface area contributed by atoms with Crippen molar-refractivity contribution in [2.75, 3.05) is 17.2 Å². The van der Waals surface area contributed by atoms with Crippen LogP contribution in [0.25, 0.3) is 0 Å². The highest BCUT2D eigenvalue weighted by atomic mass is 79.9. The van der Waals surface area contributed by atoms with E-state index < -0.39 is 0 Å². The normalized spacial score (nSPS) is 10.6. The van der Waals surface area contributed by atoms with Crippen LogP contribution in [-0.4, -0.2) is 6.54 Å². The van der Waals surface area contributed by atoms with Gasteiger partial charge in [0.1, 0.15) is 5.82 Å². The van der Waals surface area contributed by atoms with Crippen LogP contribution in [0.5, 0.6) is 0 Å². The Balaban J connectivity index is 2.44. The molecule has 0 aliphatic carbocycles. The molecule has 0 saturated carbocycles. The molecule has 106 valence electrons. The highest BCUT2D eigenvalue weighted by Gasteiger charge is 2.14. The monoisotopic (exact) mass is 336 g/mol. The fraction of sp³-hybridized carbons (Fsp3) is 0.250. The molecule has 2 N–H and O–H groups in total. The van der Waals surface area contributed by atoms with Crippen molar-refractivity contribution in [2.24, 2.45) is 0 Å². The number of benzene rings is 2. The topological polar surface area (TPSA) is 29.3 Å². The molecular weight excluding hydrogens is 319 g/mol. The predicted octanol–water partition coefficient (Wildman–Crippen LogP) is 5.11. The molecule has 0 amide bonds. The molecular formula is C16H18BrFN2. The van der Waals surface area contributed by atoms with Gasteiger partial charge in [-0.3, -0.25) is 0 Å². The molecule has 0 aliphatic rings. The minimum atomic E-state index is -0.338. The maximum absolute atomic E-state index is 13.5. The highest BCUT2D eigenvalue weighted by Crippen LogP contribution is 2.34. The summed E-state index contributed by atoms with van der Waals surface area (Å²) in [6.45, 7) is 3.00. The van der Waals surface area contributed by atoms with E-state index >= 15 is 0 Å². The first kappa shape index (κ1) is 14.9. The summed E-state index contributed by atoms with van der Waals surface area (Å²) in [4.78, 5) is 2.13. The zero-order valence-electron chi connectivity index (χ0n) is 11.4. The molecule has 2 aromatic carbocycles. The number of hydrogen-bond acceptors (Lipinski definition) is 2. The lowest BCUT2D eigenvalue weighted by molar-refractivity contribution is 0.621. The minimum absolute atomic E-state index is 0.338. The van der Waals surface area contributed by atoms with Crippen molar-refractivity contribution in [3.63, 3.8) is 0 Å². The van der Waals surface area contributed by atoms with Gasteiger partial charge in [-0.15, -0.1) is 0 Å². The van der Waals surface area contributed by atoms with E-state index in [2.05, 4.69) is 27.8 Å². The molecule has 0 saturated heterocycles. The predicted molar refractivity (Wildman–Crippen MR) is 86.9 cm³/mol. The smallest absolute Gasteiger partial charge is 0.139 e. The summed E-state index contributed by atoms with van der Waals surface area (Å²) in [6, 6.07) is 13.1. The van der Waals surface area contributed by atoms with E-state index in [1.165, 1.54) is 6.07 Å². The third-order valence-electron chi connectivity index (χ3n) is 3.16. The summed E-state index contributed by atoms with van der Waals surface area (Å²) < 4.78 is 14.0. The van der Waals surface area contributed by atoms with Crippen LogP contribution >= 0.6 is 15.9 Å². The Hall–Kier alpha value is -1.55. The molecule has 0 aromatic heterocycles. The summed E-state index contributed by atoms with van der Waals surface area (Å²) in [5.41, 5.74) is 8.34. The number of anilines is 3. The van der Waals surface area contributed by atoms with Crippen LogP contribution in [0.15, 0.2) is 46.9 Å². The van der Waals surface area contributed by atoms with E-state index in [-0.39, 0.29) is 5.82 Å². The maximum Gasteiger partial charge on any atom is 0.139 e. The third kappa shape index (κ3) is 3.31. The van der Waals surface area contributed by atoms with E-state index in [1.54, 1.807) is 6.07 Å². The number of rotatable bonds is 5. The molecule has 0 bridgehead atoms. The van der Waals surface area contributed by atoms with Gasteiger partial charge in [-0.2, -0.15) is 0 Å². The largest absolute Gasteiger partial charge is 0.397 e. The van der Waals surface area contributed by atoms with Gasteiger partial charge in [-0.1, -0.05) is 31.5 Å². The van der Waals surface area contributed by atoms with Crippen molar-refractivity contribution in [1.82, 2.24) is 0 Å². The minimum Gasteiger partial charge on any atom is -0.397 e. The Morgan fingerprint density at radius 1 is 1.20 bits per heavy atom. The first-order valence-corrected chi connectivity index (χ1v) is 7.50. The maximum atomic E-state index is 13.5. The Bertz CT molecular complexity index is 572. The van der Waals surface area contributed by atoms with E-state index in [0.717, 1.165) is 30.8 Å². The van der Waals surface area contributed by atoms with Gasteiger partial charge in [-0.05, 0) is 40.5 Å². The molecule has 2 nitrogen and oxygen atoms in total. The van der Waals surface area contributed by atoms with Crippen molar-refractivity contribution >= 4 is 33.0 Å². The lowest BCUT2D eigenvalue weighted by Crippen LogP contribution is -2.19. The summed E-state index contributed by atoms with van der Waals surface area (Å²) in [6.07, 6.45) is 2.13. The molecule has 4 heteroatoms. The molecule has 2 aromatic rings. The fourth-order valence-electron chi connectivity index (χ4n) is 2.10. The van der Waals surface area contributed by atoms with Gasteiger partial charge in [0.15, 0.2) is 0 Å². The van der Waals surface area contributed by atoms with Crippen LogP contribution in [0.1, 0.15) is 19.8 Å². The third-order valence-corrected chi connectivity index (χ3v) is 3.77. The molecule has 0 radical (unpaired) electrons. The van der Waals surface area contributed by atoms with Gasteiger partial charge in [0.05, 0.1) is 15.8 Å². The Kier molecular flexibility index (Phi) is 5.01. The van der Waals surface area contributed by atoms with Gasteiger partial charge < -0.3 is 10.6 Å². The van der Waals surface area contributed by atoms with Crippen molar-refractivity contribution in [3.05, 3.63) is 52.8 Å². The van der Waals surface area contributed by atoms with Crippen LogP contribution in [0.2, 0.25) is 0 Å². The molecule has 0 aliphatic heterocycles. The van der Waals surface area contributed by atoms with E-state index in [0.29, 0.717) is 10.2 Å². The van der Waals surface area contributed by atoms with Crippen LogP contribution < -0.4 is 10.6 Å². The Morgan fingerprint density at radius 3 is 2.55 bits per heavy atom. The summed E-state index contributed by atoms with van der Waals surface area (Å²) in [5, 5.41) is 0. The molecule has 0 unspecified atom stereocenters. The molecule has 0 spiro atoms. The van der Waals surface area contributed by atoms with Gasteiger partial charge in [-0.25, -0.2) is 4.39 Å². The van der Waals surface area contributed by atoms with Crippen LogP contribution in [-0.2, 0) is 0 Å². The quantitative estimate of drug-likeness (QED) is 0.769. The first-order valence-electron chi connectivity index (χ1n) is 6.70. The number of nitrogen functional groups attached to an aromatic ring is 1. The van der Waals surface area contributed by atoms with Crippen molar-refractivity contribution in [1.29, 1.82) is 0 Å². The summed E-state index contributed by atoms with van der Waals surface area (Å²) in [7, 11) is 0. The van der Waals surface area contributed by atoms with Gasteiger partial charge >= 0.3 is 0 Å². The molecule has 0 heterocycles. The average molecular weight is 337 g/mol. The molecule has 0 fully saturated rings. The van der Waals surface area contributed by atoms with E-state index in [4.69, 9.17) is 5.73 Å². The number of unbranched alkanes of at least 4 members (excludes halogenated alkanes) is 1. The Labute approximate surface area is 127 Å². The molecule has 2 rings (SSSR count). The van der Waals surface area contributed by atoms with Gasteiger partial charge in [0.2, 0.25) is 0 Å². The second-order valence-corrected chi connectivity index (χ2v) is 5.52. The number of nitrogens with zero attached hydrogens (tertiary/aromatic N) is 1. The van der Waals surface area contributed by atoms with Crippen LogP contribution in [0.4, 0.5) is 21.5 Å². The lowest BCUT2D eigenvalue weighted by atomic mass is 10.2. The average Bonchev–Trinajstić information content (AvgIpc) is 2.45. The first-order chi connectivity index (χ1) is 9.63. The summed E-state index contributed by atoms with van der Waals surface area (Å²) in [5.74, 6) is -0.338. The standard InChI is InChI=1S/C16H18BrFN2/c1-2-3-9-20(12-7-5-4-6-8-12)16-10-13(17)14(18)11-15(16)19/h4-8,10-11H,2-3,9,19H2,1H3. The van der Waals surface area contributed by atoms with Crippen molar-refractivity contribution in [3.8, 4) is 0 Å². The highest BCUT2D eigenvalue weighted by molar-refractivity contribution is 9.10. The van der Waals surface area contributed by atoms with Crippen LogP contribution in [0.3, 0.4) is 0 Å². The summed E-state index contributed by atoms with van der Waals surface area (Å²) >= 11 is 3.23. The zero-order valence-corrected chi connectivity index (χ0v) is 13.0. The SMILES string of the molecule is CCCCN(c1ccccc1)c1cc(Br)c(F)cc1N. The lowest BCUT2D eigenvalue weighted by Gasteiger charge is -2.26. The number of para-hydroxylation sites is 1. The second-order valence-electron chi connectivity index (χ2n) is 4.67. The van der Waals surface area contributed by atoms with Gasteiger partial charge in [0.25, 0.3) is 0 Å². The molecule has 20 heavy (non-hydrogen) atoms.